The molecular formula is C16H29N3O. The van der Waals surface area contributed by atoms with Crippen molar-refractivity contribution in [3.05, 3.63) is 35.9 Å². The van der Waals surface area contributed by atoms with Gasteiger partial charge >= 0.3 is 0 Å². The number of hydrogen-bond acceptors (Lipinski definition) is 4. The molecule has 4 nitrogen and oxygen atoms in total. The van der Waals surface area contributed by atoms with Gasteiger partial charge in [0.05, 0.1) is 12.1 Å². The van der Waals surface area contributed by atoms with E-state index in [0.717, 1.165) is 31.6 Å². The van der Waals surface area contributed by atoms with Gasteiger partial charge in [0.15, 0.2) is 0 Å². The second kappa shape index (κ2) is 8.37. The maximum absolute atomic E-state index is 9.87. The van der Waals surface area contributed by atoms with Crippen LogP contribution in [0.5, 0.6) is 0 Å². The van der Waals surface area contributed by atoms with E-state index in [9.17, 15) is 5.11 Å². The Morgan fingerprint density at radius 3 is 2.20 bits per heavy atom. The van der Waals surface area contributed by atoms with E-state index in [2.05, 4.69) is 48.4 Å². The Bertz CT molecular complexity index is 363. The first-order valence-corrected chi connectivity index (χ1v) is 7.22. The van der Waals surface area contributed by atoms with Crippen LogP contribution >= 0.6 is 0 Å². The van der Waals surface area contributed by atoms with Crippen LogP contribution in [0.25, 0.3) is 0 Å². The quantitative estimate of drug-likeness (QED) is 0.707. The summed E-state index contributed by atoms with van der Waals surface area (Å²) in [7, 11) is 8.22. The molecule has 4 heteroatoms. The molecule has 0 spiro atoms. The van der Waals surface area contributed by atoms with E-state index < -0.39 is 0 Å². The molecule has 0 fully saturated rings. The van der Waals surface area contributed by atoms with Gasteiger partial charge in [-0.15, -0.1) is 0 Å². The highest BCUT2D eigenvalue weighted by molar-refractivity contribution is 5.24. The Labute approximate surface area is 123 Å². The van der Waals surface area contributed by atoms with E-state index in [1.807, 2.05) is 25.2 Å². The van der Waals surface area contributed by atoms with Gasteiger partial charge in [0.25, 0.3) is 0 Å². The Morgan fingerprint density at radius 2 is 1.70 bits per heavy atom. The Kier molecular flexibility index (Phi) is 7.16. The van der Waals surface area contributed by atoms with E-state index >= 15 is 0 Å². The molecule has 1 aromatic rings. The maximum Gasteiger partial charge on any atom is 0.0678 e. The number of nitrogens with zero attached hydrogens (tertiary/aromatic N) is 2. The van der Waals surface area contributed by atoms with Crippen molar-refractivity contribution in [3.63, 3.8) is 0 Å². The molecule has 0 saturated carbocycles. The minimum Gasteiger partial charge on any atom is -0.394 e. The predicted octanol–water partition coefficient (Wildman–Crippen LogP) is 0.977. The summed E-state index contributed by atoms with van der Waals surface area (Å²) in [5.74, 6) is 0. The number of aliphatic hydroxyl groups is 1. The molecule has 0 saturated heterocycles. The third-order valence-corrected chi connectivity index (χ3v) is 3.92. The molecule has 1 rings (SSSR count). The van der Waals surface area contributed by atoms with E-state index in [0.29, 0.717) is 0 Å². The van der Waals surface area contributed by atoms with Crippen LogP contribution < -0.4 is 5.32 Å². The molecule has 0 radical (unpaired) electrons. The highest BCUT2D eigenvalue weighted by Gasteiger charge is 2.29. The largest absolute Gasteiger partial charge is 0.394 e. The van der Waals surface area contributed by atoms with Crippen LogP contribution in [0.1, 0.15) is 12.0 Å². The van der Waals surface area contributed by atoms with E-state index in [-0.39, 0.29) is 12.1 Å². The standard InChI is InChI=1S/C16H29N3O/c1-17-16(14-20,15-8-6-5-7-9-15)10-11-19(4)13-12-18(2)3/h5-9,17,20H,10-14H2,1-4H3. The molecule has 1 unspecified atom stereocenters. The third kappa shape index (κ3) is 4.87. The highest BCUT2D eigenvalue weighted by Crippen LogP contribution is 2.24. The van der Waals surface area contributed by atoms with Gasteiger partial charge in [-0.2, -0.15) is 0 Å². The molecule has 0 aliphatic rings. The maximum atomic E-state index is 9.87. The van der Waals surface area contributed by atoms with Crippen LogP contribution in [-0.2, 0) is 5.54 Å². The molecule has 20 heavy (non-hydrogen) atoms. The summed E-state index contributed by atoms with van der Waals surface area (Å²) in [6, 6.07) is 10.2. The second-order valence-electron chi connectivity index (χ2n) is 5.71. The van der Waals surface area contributed by atoms with Crippen LogP contribution in [-0.4, -0.2) is 69.3 Å². The molecule has 1 aromatic carbocycles. The summed E-state index contributed by atoms with van der Waals surface area (Å²) < 4.78 is 0. The molecular weight excluding hydrogens is 250 g/mol. The summed E-state index contributed by atoms with van der Waals surface area (Å²) >= 11 is 0. The minimum atomic E-state index is -0.354. The lowest BCUT2D eigenvalue weighted by atomic mass is 9.87. The van der Waals surface area contributed by atoms with Gasteiger partial charge < -0.3 is 20.2 Å². The monoisotopic (exact) mass is 279 g/mol. The van der Waals surface area contributed by atoms with Gasteiger partial charge in [-0.05, 0) is 40.2 Å². The number of hydrogen-bond donors (Lipinski definition) is 2. The fraction of sp³-hybridized carbons (Fsp3) is 0.625. The topological polar surface area (TPSA) is 38.7 Å². The molecule has 1 atom stereocenters. The average molecular weight is 279 g/mol. The van der Waals surface area contributed by atoms with Crippen molar-refractivity contribution in [2.45, 2.75) is 12.0 Å². The number of rotatable bonds is 9. The third-order valence-electron chi connectivity index (χ3n) is 3.92. The summed E-state index contributed by atoms with van der Waals surface area (Å²) in [6.07, 6.45) is 0.883. The number of benzene rings is 1. The van der Waals surface area contributed by atoms with Crippen molar-refractivity contribution < 1.29 is 5.11 Å². The Balaban J connectivity index is 2.64. The van der Waals surface area contributed by atoms with E-state index in [4.69, 9.17) is 0 Å². The van der Waals surface area contributed by atoms with Crippen LogP contribution in [0.15, 0.2) is 30.3 Å². The minimum absolute atomic E-state index is 0.106. The summed E-state index contributed by atoms with van der Waals surface area (Å²) in [5, 5.41) is 13.2. The van der Waals surface area contributed by atoms with E-state index in [1.54, 1.807) is 0 Å². The van der Waals surface area contributed by atoms with Crippen molar-refractivity contribution in [2.24, 2.45) is 0 Å². The van der Waals surface area contributed by atoms with Gasteiger partial charge in [0.1, 0.15) is 0 Å². The van der Waals surface area contributed by atoms with Gasteiger partial charge in [-0.3, -0.25) is 0 Å². The fourth-order valence-electron chi connectivity index (χ4n) is 2.28. The zero-order valence-corrected chi connectivity index (χ0v) is 13.3. The van der Waals surface area contributed by atoms with Crippen LogP contribution in [0.3, 0.4) is 0 Å². The molecule has 0 bridgehead atoms. The average Bonchev–Trinajstić information content (AvgIpc) is 2.48. The zero-order chi connectivity index (χ0) is 15.0. The normalized spacial score (nSPS) is 14.8. The van der Waals surface area contributed by atoms with Gasteiger partial charge in [0, 0.05) is 19.6 Å². The van der Waals surface area contributed by atoms with Gasteiger partial charge in [-0.25, -0.2) is 0 Å². The lowest BCUT2D eigenvalue weighted by Gasteiger charge is -2.34. The van der Waals surface area contributed by atoms with Crippen LogP contribution in [0.2, 0.25) is 0 Å². The summed E-state index contributed by atoms with van der Waals surface area (Å²) in [4.78, 5) is 4.50. The van der Waals surface area contributed by atoms with Crippen molar-refractivity contribution in [2.75, 3.05) is 54.4 Å². The lowest BCUT2D eigenvalue weighted by molar-refractivity contribution is 0.142. The summed E-state index contributed by atoms with van der Waals surface area (Å²) in [5.41, 5.74) is 0.791. The van der Waals surface area contributed by atoms with Crippen molar-refractivity contribution >= 4 is 0 Å². The molecule has 0 heterocycles. The smallest absolute Gasteiger partial charge is 0.0678 e. The first-order valence-electron chi connectivity index (χ1n) is 7.22. The van der Waals surface area contributed by atoms with Crippen molar-refractivity contribution in [3.8, 4) is 0 Å². The molecule has 0 amide bonds. The Morgan fingerprint density at radius 1 is 1.05 bits per heavy atom. The van der Waals surface area contributed by atoms with Crippen LogP contribution in [0, 0.1) is 0 Å². The number of likely N-dealkylation sites (N-methyl/N-ethyl adjacent to an activating group) is 3. The number of nitrogens with one attached hydrogen (secondary N) is 1. The van der Waals surface area contributed by atoms with E-state index in [1.165, 1.54) is 0 Å². The summed E-state index contributed by atoms with van der Waals surface area (Å²) in [6.45, 7) is 3.14. The van der Waals surface area contributed by atoms with Crippen LogP contribution in [0.4, 0.5) is 0 Å². The second-order valence-corrected chi connectivity index (χ2v) is 5.71. The lowest BCUT2D eigenvalue weighted by Crippen LogP contribution is -2.46. The van der Waals surface area contributed by atoms with Gasteiger partial charge in [0.2, 0.25) is 0 Å². The molecule has 2 N–H and O–H groups in total. The zero-order valence-electron chi connectivity index (χ0n) is 13.3. The first kappa shape index (κ1) is 17.1. The van der Waals surface area contributed by atoms with Gasteiger partial charge in [-0.1, -0.05) is 30.3 Å². The predicted molar refractivity (Wildman–Crippen MR) is 84.9 cm³/mol. The van der Waals surface area contributed by atoms with Crippen molar-refractivity contribution in [1.29, 1.82) is 0 Å². The SMILES string of the molecule is CNC(CO)(CCN(C)CCN(C)C)c1ccccc1. The first-order chi connectivity index (χ1) is 9.54. The molecule has 0 aliphatic heterocycles. The molecule has 114 valence electrons. The Hall–Kier alpha value is -0.940. The molecule has 0 aliphatic carbocycles. The molecule has 0 aromatic heterocycles. The number of aliphatic hydroxyl groups excluding tert-OH is 1. The highest BCUT2D eigenvalue weighted by atomic mass is 16.3. The van der Waals surface area contributed by atoms with Crippen molar-refractivity contribution in [1.82, 2.24) is 15.1 Å². The fourth-order valence-corrected chi connectivity index (χ4v) is 2.28.